The minimum Gasteiger partial charge on any atom is -0.342 e. The van der Waals surface area contributed by atoms with Crippen molar-refractivity contribution in [3.05, 3.63) is 45.5 Å². The number of nitrogens with zero attached hydrogens (tertiary/aromatic N) is 4. The van der Waals surface area contributed by atoms with Crippen molar-refractivity contribution in [2.45, 2.75) is 13.0 Å². The van der Waals surface area contributed by atoms with Crippen molar-refractivity contribution in [2.24, 2.45) is 0 Å². The first kappa shape index (κ1) is 13.5. The van der Waals surface area contributed by atoms with Crippen molar-refractivity contribution < 1.29 is 14.1 Å². The van der Waals surface area contributed by atoms with Crippen molar-refractivity contribution >= 4 is 11.6 Å². The average molecular weight is 280 g/mol. The standard InChI is InChI=1S/C10H9FN6O3/c1-5(9-13-15-16-14-9)12-10(18)7-4-6(17(19)20)2-3-8(7)11/h2-5H,1H3,(H,12,18)(H,13,14,15,16). The highest BCUT2D eigenvalue weighted by Crippen LogP contribution is 2.17. The summed E-state index contributed by atoms with van der Waals surface area (Å²) in [5.41, 5.74) is -0.793. The Kier molecular flexibility index (Phi) is 3.64. The lowest BCUT2D eigenvalue weighted by molar-refractivity contribution is -0.384. The van der Waals surface area contributed by atoms with E-state index in [9.17, 15) is 19.3 Å². The number of aromatic nitrogens is 4. The minimum atomic E-state index is -0.853. The monoisotopic (exact) mass is 280 g/mol. The van der Waals surface area contributed by atoms with E-state index in [0.717, 1.165) is 18.2 Å². The number of carbonyl (C=O) groups is 1. The van der Waals surface area contributed by atoms with Crippen molar-refractivity contribution in [3.8, 4) is 0 Å². The summed E-state index contributed by atoms with van der Waals surface area (Å²) in [5, 5.41) is 25.9. The van der Waals surface area contributed by atoms with Gasteiger partial charge in [-0.2, -0.15) is 5.21 Å². The van der Waals surface area contributed by atoms with Gasteiger partial charge in [0.2, 0.25) is 0 Å². The molecule has 0 aliphatic carbocycles. The van der Waals surface area contributed by atoms with Crippen LogP contribution >= 0.6 is 0 Å². The Morgan fingerprint density at radius 3 is 2.90 bits per heavy atom. The molecule has 1 amide bonds. The van der Waals surface area contributed by atoms with Crippen LogP contribution in [0.4, 0.5) is 10.1 Å². The van der Waals surface area contributed by atoms with Crippen molar-refractivity contribution in [1.29, 1.82) is 0 Å². The predicted molar refractivity (Wildman–Crippen MR) is 63.1 cm³/mol. The van der Waals surface area contributed by atoms with Crippen LogP contribution in [0.15, 0.2) is 18.2 Å². The number of nitrogens with one attached hydrogen (secondary N) is 2. The summed E-state index contributed by atoms with van der Waals surface area (Å²) in [6, 6.07) is 2.09. The summed E-state index contributed by atoms with van der Waals surface area (Å²) in [6.07, 6.45) is 0. The van der Waals surface area contributed by atoms with Crippen LogP contribution in [0.3, 0.4) is 0 Å². The Hall–Kier alpha value is -2.91. The third kappa shape index (κ3) is 2.74. The summed E-state index contributed by atoms with van der Waals surface area (Å²) < 4.78 is 13.5. The summed E-state index contributed by atoms with van der Waals surface area (Å²) in [6.45, 7) is 1.57. The summed E-state index contributed by atoms with van der Waals surface area (Å²) in [4.78, 5) is 21.8. The van der Waals surface area contributed by atoms with Crippen LogP contribution in [-0.4, -0.2) is 31.5 Å². The van der Waals surface area contributed by atoms with Gasteiger partial charge < -0.3 is 5.32 Å². The second-order valence-corrected chi connectivity index (χ2v) is 3.89. The number of benzene rings is 1. The molecule has 1 heterocycles. The third-order valence-corrected chi connectivity index (χ3v) is 2.50. The fourth-order valence-electron chi connectivity index (χ4n) is 1.49. The number of aromatic amines is 1. The van der Waals surface area contributed by atoms with Gasteiger partial charge in [-0.3, -0.25) is 14.9 Å². The molecular formula is C10H9FN6O3. The van der Waals surface area contributed by atoms with E-state index in [0.29, 0.717) is 0 Å². The number of non-ortho nitro benzene ring substituents is 1. The zero-order chi connectivity index (χ0) is 14.7. The third-order valence-electron chi connectivity index (χ3n) is 2.50. The smallest absolute Gasteiger partial charge is 0.270 e. The minimum absolute atomic E-state index is 0.212. The maximum Gasteiger partial charge on any atom is 0.270 e. The molecule has 9 nitrogen and oxygen atoms in total. The normalized spacial score (nSPS) is 11.9. The first-order valence-electron chi connectivity index (χ1n) is 5.47. The van der Waals surface area contributed by atoms with E-state index in [4.69, 9.17) is 0 Å². The van der Waals surface area contributed by atoms with E-state index < -0.39 is 28.3 Å². The average Bonchev–Trinajstić information content (AvgIpc) is 2.92. The molecule has 0 spiro atoms. The number of tetrazole rings is 1. The number of amides is 1. The Morgan fingerprint density at radius 1 is 1.55 bits per heavy atom. The van der Waals surface area contributed by atoms with Gasteiger partial charge in [0.25, 0.3) is 11.6 Å². The van der Waals surface area contributed by atoms with Crippen LogP contribution in [-0.2, 0) is 0 Å². The van der Waals surface area contributed by atoms with Gasteiger partial charge in [0.05, 0.1) is 16.5 Å². The number of H-pyrrole nitrogens is 1. The van der Waals surface area contributed by atoms with Gasteiger partial charge in [-0.1, -0.05) is 5.21 Å². The number of rotatable bonds is 4. The maximum atomic E-state index is 13.5. The van der Waals surface area contributed by atoms with Crippen LogP contribution in [0.2, 0.25) is 0 Å². The molecule has 2 N–H and O–H groups in total. The molecule has 0 radical (unpaired) electrons. The van der Waals surface area contributed by atoms with Gasteiger partial charge in [0.1, 0.15) is 5.82 Å². The fourth-order valence-corrected chi connectivity index (χ4v) is 1.49. The molecule has 104 valence electrons. The number of nitro groups is 1. The quantitative estimate of drug-likeness (QED) is 0.628. The van der Waals surface area contributed by atoms with Crippen molar-refractivity contribution in [3.63, 3.8) is 0 Å². The molecule has 0 fully saturated rings. The Morgan fingerprint density at radius 2 is 2.30 bits per heavy atom. The van der Waals surface area contributed by atoms with Gasteiger partial charge in [0.15, 0.2) is 5.82 Å². The number of carbonyl (C=O) groups excluding carboxylic acids is 1. The van der Waals surface area contributed by atoms with E-state index >= 15 is 0 Å². The first-order valence-corrected chi connectivity index (χ1v) is 5.47. The summed E-state index contributed by atoms with van der Waals surface area (Å²) >= 11 is 0. The Labute approximate surface area is 111 Å². The number of nitro benzene ring substituents is 1. The van der Waals surface area contributed by atoms with E-state index in [1.54, 1.807) is 6.92 Å². The van der Waals surface area contributed by atoms with Gasteiger partial charge >= 0.3 is 0 Å². The lowest BCUT2D eigenvalue weighted by Crippen LogP contribution is -2.28. The first-order chi connectivity index (χ1) is 9.49. The van der Waals surface area contributed by atoms with Gasteiger partial charge in [-0.25, -0.2) is 4.39 Å². The van der Waals surface area contributed by atoms with Crippen LogP contribution in [0.25, 0.3) is 0 Å². The lowest BCUT2D eigenvalue weighted by Gasteiger charge is -2.10. The zero-order valence-electron chi connectivity index (χ0n) is 10.2. The zero-order valence-corrected chi connectivity index (χ0v) is 10.2. The largest absolute Gasteiger partial charge is 0.342 e. The lowest BCUT2D eigenvalue weighted by atomic mass is 10.1. The summed E-state index contributed by atoms with van der Waals surface area (Å²) in [5.74, 6) is -1.44. The van der Waals surface area contributed by atoms with E-state index in [2.05, 4.69) is 25.9 Å². The molecule has 1 unspecified atom stereocenters. The molecule has 0 saturated heterocycles. The Balaban J connectivity index is 2.20. The molecule has 0 saturated carbocycles. The summed E-state index contributed by atoms with van der Waals surface area (Å²) in [7, 11) is 0. The molecule has 0 aliphatic rings. The highest BCUT2D eigenvalue weighted by Gasteiger charge is 2.20. The predicted octanol–water partition coefficient (Wildman–Crippen LogP) is 0.738. The number of halogens is 1. The number of hydrogen-bond acceptors (Lipinski definition) is 6. The van der Waals surface area contributed by atoms with Crippen LogP contribution in [0.5, 0.6) is 0 Å². The highest BCUT2D eigenvalue weighted by molar-refractivity contribution is 5.95. The molecule has 0 aliphatic heterocycles. The van der Waals surface area contributed by atoms with Gasteiger partial charge in [0, 0.05) is 12.1 Å². The maximum absolute atomic E-state index is 13.5. The van der Waals surface area contributed by atoms with Gasteiger partial charge in [-0.05, 0) is 13.0 Å². The molecule has 1 aromatic heterocycles. The second kappa shape index (κ2) is 5.38. The highest BCUT2D eigenvalue weighted by atomic mass is 19.1. The molecule has 10 heteroatoms. The van der Waals surface area contributed by atoms with Crippen molar-refractivity contribution in [2.75, 3.05) is 0 Å². The van der Waals surface area contributed by atoms with Crippen LogP contribution in [0.1, 0.15) is 29.1 Å². The van der Waals surface area contributed by atoms with Crippen LogP contribution in [0, 0.1) is 15.9 Å². The molecule has 20 heavy (non-hydrogen) atoms. The Bertz CT molecular complexity index is 644. The topological polar surface area (TPSA) is 127 Å². The number of hydrogen-bond donors (Lipinski definition) is 2. The SMILES string of the molecule is CC(NC(=O)c1cc([N+](=O)[O-])ccc1F)c1nn[nH]n1. The molecule has 2 rings (SSSR count). The van der Waals surface area contributed by atoms with Crippen LogP contribution < -0.4 is 5.32 Å². The molecule has 1 atom stereocenters. The second-order valence-electron chi connectivity index (χ2n) is 3.89. The molecular weight excluding hydrogens is 271 g/mol. The molecule has 1 aromatic carbocycles. The van der Waals surface area contributed by atoms with E-state index in [1.165, 1.54) is 0 Å². The molecule has 2 aromatic rings. The van der Waals surface area contributed by atoms with E-state index in [-0.39, 0.29) is 11.5 Å². The van der Waals surface area contributed by atoms with Crippen molar-refractivity contribution in [1.82, 2.24) is 25.9 Å². The van der Waals surface area contributed by atoms with E-state index in [1.807, 2.05) is 0 Å². The fraction of sp³-hybridized carbons (Fsp3) is 0.200. The van der Waals surface area contributed by atoms with Gasteiger partial charge in [-0.15, -0.1) is 10.2 Å². The molecule has 0 bridgehead atoms.